The summed E-state index contributed by atoms with van der Waals surface area (Å²) in [4.78, 5) is 8.93. The summed E-state index contributed by atoms with van der Waals surface area (Å²) >= 11 is 1.61. The van der Waals surface area contributed by atoms with Crippen molar-refractivity contribution >= 4 is 27.5 Å². The zero-order valence-electron chi connectivity index (χ0n) is 10.3. The molecule has 0 spiro atoms. The molecule has 4 nitrogen and oxygen atoms in total. The minimum atomic E-state index is 0.934. The van der Waals surface area contributed by atoms with Crippen molar-refractivity contribution in [2.45, 2.75) is 13.5 Å². The molecule has 0 unspecified atom stereocenters. The van der Waals surface area contributed by atoms with E-state index in [4.69, 9.17) is 0 Å². The van der Waals surface area contributed by atoms with Gasteiger partial charge in [0, 0.05) is 24.5 Å². The number of thiazole rings is 1. The highest BCUT2D eigenvalue weighted by molar-refractivity contribution is 7.14. The molecule has 0 saturated heterocycles. The maximum atomic E-state index is 4.51. The van der Waals surface area contributed by atoms with Crippen molar-refractivity contribution in [3.63, 3.8) is 0 Å². The van der Waals surface area contributed by atoms with Crippen LogP contribution in [0.15, 0.2) is 29.9 Å². The lowest BCUT2D eigenvalue weighted by Gasteiger charge is -2.00. The van der Waals surface area contributed by atoms with Gasteiger partial charge >= 0.3 is 0 Å². The summed E-state index contributed by atoms with van der Waals surface area (Å²) in [5.74, 6) is 0. The molecular weight excluding hydrogens is 244 g/mol. The van der Waals surface area contributed by atoms with Crippen LogP contribution in [0.25, 0.3) is 22.3 Å². The van der Waals surface area contributed by atoms with Crippen LogP contribution < -0.4 is 5.32 Å². The van der Waals surface area contributed by atoms with Crippen molar-refractivity contribution in [3.05, 3.63) is 29.9 Å². The average Bonchev–Trinajstić information content (AvgIpc) is 3.04. The number of nitrogens with zero attached hydrogens (tertiary/aromatic N) is 3. The Labute approximate surface area is 109 Å². The predicted octanol–water partition coefficient (Wildman–Crippen LogP) is 3.22. The lowest BCUT2D eigenvalue weighted by atomic mass is 10.1. The third-order valence-corrected chi connectivity index (χ3v) is 3.84. The molecule has 3 aromatic rings. The van der Waals surface area contributed by atoms with Gasteiger partial charge in [0.1, 0.15) is 0 Å². The molecule has 1 aromatic carbocycles. The van der Waals surface area contributed by atoms with E-state index in [0.717, 1.165) is 28.5 Å². The Morgan fingerprint density at radius 3 is 3.00 bits per heavy atom. The fourth-order valence-electron chi connectivity index (χ4n) is 2.00. The number of hydrogen-bond acceptors (Lipinski definition) is 4. The van der Waals surface area contributed by atoms with Crippen molar-refractivity contribution in [2.24, 2.45) is 0 Å². The first kappa shape index (κ1) is 11.2. The van der Waals surface area contributed by atoms with Gasteiger partial charge in [-0.15, -0.1) is 11.3 Å². The highest BCUT2D eigenvalue weighted by atomic mass is 32.1. The molecule has 0 amide bonds. The number of aryl methyl sites for hydroxylation is 1. The third kappa shape index (κ3) is 1.76. The molecule has 0 aliphatic carbocycles. The summed E-state index contributed by atoms with van der Waals surface area (Å²) < 4.78 is 2.14. The Bertz CT molecular complexity index is 683. The van der Waals surface area contributed by atoms with Gasteiger partial charge in [-0.25, -0.2) is 9.97 Å². The number of benzene rings is 1. The fourth-order valence-corrected chi connectivity index (χ4v) is 2.68. The van der Waals surface area contributed by atoms with Gasteiger partial charge in [-0.05, 0) is 19.1 Å². The van der Waals surface area contributed by atoms with E-state index in [0.29, 0.717) is 0 Å². The maximum Gasteiger partial charge on any atom is 0.182 e. The Morgan fingerprint density at radius 2 is 2.28 bits per heavy atom. The fraction of sp³-hybridized carbons (Fsp3) is 0.231. The first-order chi connectivity index (χ1) is 8.81. The molecule has 2 aromatic heterocycles. The number of imidazole rings is 1. The molecule has 0 fully saturated rings. The molecule has 0 aliphatic heterocycles. The molecule has 0 aliphatic rings. The Balaban J connectivity index is 2.07. The summed E-state index contributed by atoms with van der Waals surface area (Å²) in [6.07, 6.45) is 1.88. The average molecular weight is 258 g/mol. The Morgan fingerprint density at radius 1 is 1.39 bits per heavy atom. The second-order valence-corrected chi connectivity index (χ2v) is 4.88. The van der Waals surface area contributed by atoms with E-state index in [-0.39, 0.29) is 0 Å². The summed E-state index contributed by atoms with van der Waals surface area (Å²) in [6.45, 7) is 3.06. The van der Waals surface area contributed by atoms with E-state index < -0.39 is 0 Å². The Kier molecular flexibility index (Phi) is 2.76. The molecule has 5 heteroatoms. The minimum Gasteiger partial charge on any atom is -0.365 e. The quantitative estimate of drug-likeness (QED) is 0.784. The van der Waals surface area contributed by atoms with E-state index in [2.05, 4.69) is 50.4 Å². The summed E-state index contributed by atoms with van der Waals surface area (Å²) in [7, 11) is 1.88. The number of aromatic nitrogens is 3. The van der Waals surface area contributed by atoms with Crippen LogP contribution in [0.3, 0.4) is 0 Å². The van der Waals surface area contributed by atoms with Gasteiger partial charge in [0.25, 0.3) is 0 Å². The van der Waals surface area contributed by atoms with Gasteiger partial charge in [0.05, 0.1) is 23.1 Å². The van der Waals surface area contributed by atoms with E-state index in [1.165, 1.54) is 5.52 Å². The Hall–Kier alpha value is -1.88. The molecule has 0 radical (unpaired) electrons. The SMILES string of the molecule is CCn1cnc2cc(-c3csc(NC)n3)ccc21. The number of anilines is 1. The van der Waals surface area contributed by atoms with Gasteiger partial charge in [-0.3, -0.25) is 0 Å². The third-order valence-electron chi connectivity index (χ3n) is 2.98. The minimum absolute atomic E-state index is 0.934. The molecule has 0 atom stereocenters. The summed E-state index contributed by atoms with van der Waals surface area (Å²) in [5, 5.41) is 6.05. The smallest absolute Gasteiger partial charge is 0.182 e. The molecule has 3 rings (SSSR count). The van der Waals surface area contributed by atoms with Crippen LogP contribution in [0.2, 0.25) is 0 Å². The zero-order chi connectivity index (χ0) is 12.5. The van der Waals surface area contributed by atoms with Crippen LogP contribution in [0.4, 0.5) is 5.13 Å². The van der Waals surface area contributed by atoms with Crippen LogP contribution in [0.1, 0.15) is 6.92 Å². The van der Waals surface area contributed by atoms with E-state index >= 15 is 0 Å². The summed E-state index contributed by atoms with van der Waals surface area (Å²) in [5.41, 5.74) is 4.30. The van der Waals surface area contributed by atoms with E-state index in [9.17, 15) is 0 Å². The number of rotatable bonds is 3. The molecule has 0 bridgehead atoms. The first-order valence-corrected chi connectivity index (χ1v) is 6.78. The van der Waals surface area contributed by atoms with Gasteiger partial charge in [-0.2, -0.15) is 0 Å². The number of hydrogen-bond donors (Lipinski definition) is 1. The normalized spacial score (nSPS) is 11.0. The van der Waals surface area contributed by atoms with Crippen LogP contribution in [-0.2, 0) is 6.54 Å². The van der Waals surface area contributed by atoms with Crippen molar-refractivity contribution in [1.82, 2.24) is 14.5 Å². The lowest BCUT2D eigenvalue weighted by molar-refractivity contribution is 0.787. The van der Waals surface area contributed by atoms with Crippen molar-refractivity contribution in [2.75, 3.05) is 12.4 Å². The second-order valence-electron chi connectivity index (χ2n) is 4.02. The standard InChI is InChI=1S/C13H14N4S/c1-3-17-8-15-10-6-9(4-5-12(10)17)11-7-18-13(14-2)16-11/h4-8H,3H2,1-2H3,(H,14,16). The van der Waals surface area contributed by atoms with E-state index in [1.807, 2.05) is 13.4 Å². The topological polar surface area (TPSA) is 42.7 Å². The van der Waals surface area contributed by atoms with Gasteiger partial charge in [-0.1, -0.05) is 6.07 Å². The molecule has 0 saturated carbocycles. The highest BCUT2D eigenvalue weighted by Gasteiger charge is 2.07. The van der Waals surface area contributed by atoms with Crippen molar-refractivity contribution in [1.29, 1.82) is 0 Å². The molecule has 92 valence electrons. The largest absolute Gasteiger partial charge is 0.365 e. The zero-order valence-corrected chi connectivity index (χ0v) is 11.2. The van der Waals surface area contributed by atoms with E-state index in [1.54, 1.807) is 11.3 Å². The van der Waals surface area contributed by atoms with Crippen LogP contribution in [0, 0.1) is 0 Å². The monoisotopic (exact) mass is 258 g/mol. The maximum absolute atomic E-state index is 4.51. The molecular formula is C13H14N4S. The van der Waals surface area contributed by atoms with Crippen LogP contribution in [-0.4, -0.2) is 21.6 Å². The second kappa shape index (κ2) is 4.42. The van der Waals surface area contributed by atoms with Crippen LogP contribution in [0.5, 0.6) is 0 Å². The van der Waals surface area contributed by atoms with Gasteiger partial charge < -0.3 is 9.88 Å². The number of fused-ring (bicyclic) bond motifs is 1. The molecule has 18 heavy (non-hydrogen) atoms. The predicted molar refractivity (Wildman–Crippen MR) is 76.1 cm³/mol. The number of nitrogens with one attached hydrogen (secondary N) is 1. The van der Waals surface area contributed by atoms with Crippen molar-refractivity contribution < 1.29 is 0 Å². The van der Waals surface area contributed by atoms with Crippen molar-refractivity contribution in [3.8, 4) is 11.3 Å². The lowest BCUT2D eigenvalue weighted by Crippen LogP contribution is -1.90. The van der Waals surface area contributed by atoms with Gasteiger partial charge in [0.15, 0.2) is 5.13 Å². The molecule has 1 N–H and O–H groups in total. The molecule has 2 heterocycles. The first-order valence-electron chi connectivity index (χ1n) is 5.90. The van der Waals surface area contributed by atoms with Crippen LogP contribution >= 0.6 is 11.3 Å². The van der Waals surface area contributed by atoms with Gasteiger partial charge in [0.2, 0.25) is 0 Å². The highest BCUT2D eigenvalue weighted by Crippen LogP contribution is 2.27. The summed E-state index contributed by atoms with van der Waals surface area (Å²) in [6, 6.07) is 6.31.